The number of aliphatic hydroxyl groups is 1. The van der Waals surface area contributed by atoms with Gasteiger partial charge in [-0.25, -0.2) is 4.79 Å². The predicted molar refractivity (Wildman–Crippen MR) is 46.6 cm³/mol. The average molecular weight is 235 g/mol. The van der Waals surface area contributed by atoms with E-state index in [1.165, 1.54) is 0 Å². The van der Waals surface area contributed by atoms with Gasteiger partial charge in [0.25, 0.3) is 0 Å². The van der Waals surface area contributed by atoms with Crippen molar-refractivity contribution in [2.45, 2.75) is 18.7 Å². The molecule has 0 fully saturated rings. The third-order valence-electron chi connectivity index (χ3n) is 1.83. The molecule has 0 aliphatic rings. The van der Waals surface area contributed by atoms with Gasteiger partial charge < -0.3 is 10.2 Å². The zero-order valence-electron chi connectivity index (χ0n) is 7.90. The second kappa shape index (κ2) is 4.48. The number of carboxylic acids is 1. The first-order chi connectivity index (χ1) is 7.30. The van der Waals surface area contributed by atoms with Gasteiger partial charge in [0.15, 0.2) is 6.10 Å². The number of aliphatic hydroxyl groups excluding tert-OH is 1. The Morgan fingerprint density at radius 1 is 1.44 bits per heavy atom. The van der Waals surface area contributed by atoms with E-state index in [4.69, 9.17) is 10.2 Å². The Bertz CT molecular complexity index is 375. The lowest BCUT2D eigenvalue weighted by atomic mass is 10.1. The summed E-state index contributed by atoms with van der Waals surface area (Å²) in [6, 6.07) is 1.83. The molecule has 1 unspecified atom stereocenters. The largest absolute Gasteiger partial charge is 0.479 e. The summed E-state index contributed by atoms with van der Waals surface area (Å²) in [6.07, 6.45) is -5.54. The van der Waals surface area contributed by atoms with Gasteiger partial charge in [-0.15, -0.1) is 0 Å². The van der Waals surface area contributed by atoms with Crippen molar-refractivity contribution in [1.29, 1.82) is 0 Å². The molecular weight excluding hydrogens is 227 g/mol. The molecule has 0 saturated carbocycles. The van der Waals surface area contributed by atoms with E-state index in [1.54, 1.807) is 0 Å². The van der Waals surface area contributed by atoms with Crippen molar-refractivity contribution < 1.29 is 28.2 Å². The second-order valence-corrected chi connectivity index (χ2v) is 3.11. The molecule has 16 heavy (non-hydrogen) atoms. The Morgan fingerprint density at radius 3 is 2.44 bits per heavy atom. The topological polar surface area (TPSA) is 70.4 Å². The fraction of sp³-hybridized carbons (Fsp3) is 0.333. The Kier molecular flexibility index (Phi) is 3.48. The van der Waals surface area contributed by atoms with Crippen LogP contribution in [0.25, 0.3) is 0 Å². The molecule has 1 rings (SSSR count). The summed E-state index contributed by atoms with van der Waals surface area (Å²) in [6.45, 7) is 0. The minimum atomic E-state index is -4.52. The van der Waals surface area contributed by atoms with Crippen molar-refractivity contribution in [3.8, 4) is 0 Å². The van der Waals surface area contributed by atoms with E-state index in [9.17, 15) is 18.0 Å². The van der Waals surface area contributed by atoms with E-state index >= 15 is 0 Å². The minimum absolute atomic E-state index is 0.225. The number of hydrogen-bond acceptors (Lipinski definition) is 3. The van der Waals surface area contributed by atoms with Crippen LogP contribution in [0.1, 0.15) is 11.3 Å². The van der Waals surface area contributed by atoms with Crippen LogP contribution in [-0.4, -0.2) is 27.3 Å². The maximum atomic E-state index is 12.1. The van der Waals surface area contributed by atoms with Crippen LogP contribution in [0.5, 0.6) is 0 Å². The lowest BCUT2D eigenvalue weighted by Gasteiger charge is -2.07. The van der Waals surface area contributed by atoms with Crippen molar-refractivity contribution in [2.75, 3.05) is 0 Å². The summed E-state index contributed by atoms with van der Waals surface area (Å²) >= 11 is 0. The van der Waals surface area contributed by atoms with Gasteiger partial charge in [0.2, 0.25) is 0 Å². The number of carboxylic acid groups (broad SMARTS) is 1. The maximum Gasteiger partial charge on any atom is 0.433 e. The van der Waals surface area contributed by atoms with Crippen LogP contribution in [-0.2, 0) is 17.4 Å². The predicted octanol–water partition coefficient (Wildman–Crippen LogP) is 1.09. The molecule has 0 aliphatic heterocycles. The molecule has 0 aromatic carbocycles. The summed E-state index contributed by atoms with van der Waals surface area (Å²) in [4.78, 5) is 13.4. The molecule has 7 heteroatoms. The lowest BCUT2D eigenvalue weighted by molar-refractivity contribution is -0.146. The van der Waals surface area contributed by atoms with Gasteiger partial charge >= 0.3 is 12.1 Å². The number of halogens is 3. The molecule has 0 saturated heterocycles. The quantitative estimate of drug-likeness (QED) is 0.822. The normalized spacial score (nSPS) is 13.5. The van der Waals surface area contributed by atoms with Crippen molar-refractivity contribution in [1.82, 2.24) is 4.98 Å². The molecule has 1 atom stereocenters. The van der Waals surface area contributed by atoms with Crippen molar-refractivity contribution >= 4 is 5.97 Å². The van der Waals surface area contributed by atoms with Crippen molar-refractivity contribution in [2.24, 2.45) is 0 Å². The number of carbonyl (C=O) groups is 1. The van der Waals surface area contributed by atoms with E-state index in [2.05, 4.69) is 4.98 Å². The summed E-state index contributed by atoms with van der Waals surface area (Å²) in [7, 11) is 0. The molecule has 1 heterocycles. The SMILES string of the molecule is O=C(O)C(O)Cc1ccc(C(F)(F)F)nc1. The summed E-state index contributed by atoms with van der Waals surface area (Å²) in [5, 5.41) is 17.3. The number of aliphatic carboxylic acids is 1. The molecule has 4 nitrogen and oxygen atoms in total. The molecule has 1 aromatic heterocycles. The van der Waals surface area contributed by atoms with Gasteiger partial charge in [0.05, 0.1) is 0 Å². The summed E-state index contributed by atoms with van der Waals surface area (Å²) in [5.41, 5.74) is -0.830. The van der Waals surface area contributed by atoms with Gasteiger partial charge in [-0.2, -0.15) is 13.2 Å². The first-order valence-corrected chi connectivity index (χ1v) is 4.23. The number of rotatable bonds is 3. The summed E-state index contributed by atoms with van der Waals surface area (Å²) < 4.78 is 36.3. The molecular formula is C9H8F3NO3. The minimum Gasteiger partial charge on any atom is -0.479 e. The van der Waals surface area contributed by atoms with Crippen molar-refractivity contribution in [3.05, 3.63) is 29.6 Å². The molecule has 0 radical (unpaired) electrons. The van der Waals surface area contributed by atoms with E-state index in [0.717, 1.165) is 18.3 Å². The Hall–Kier alpha value is -1.63. The Morgan fingerprint density at radius 2 is 2.06 bits per heavy atom. The first-order valence-electron chi connectivity index (χ1n) is 4.23. The highest BCUT2D eigenvalue weighted by Crippen LogP contribution is 2.27. The van der Waals surface area contributed by atoms with Gasteiger partial charge in [0, 0.05) is 12.6 Å². The van der Waals surface area contributed by atoms with Crippen LogP contribution in [0.15, 0.2) is 18.3 Å². The van der Waals surface area contributed by atoms with E-state index in [1.807, 2.05) is 0 Å². The van der Waals surface area contributed by atoms with E-state index < -0.39 is 23.9 Å². The zero-order valence-corrected chi connectivity index (χ0v) is 7.90. The molecule has 88 valence electrons. The highest BCUT2D eigenvalue weighted by atomic mass is 19.4. The molecule has 0 spiro atoms. The third-order valence-corrected chi connectivity index (χ3v) is 1.83. The third kappa shape index (κ3) is 3.20. The molecule has 0 aliphatic carbocycles. The van der Waals surface area contributed by atoms with Crippen molar-refractivity contribution in [3.63, 3.8) is 0 Å². The van der Waals surface area contributed by atoms with Crippen LogP contribution >= 0.6 is 0 Å². The van der Waals surface area contributed by atoms with Crippen LogP contribution in [0.4, 0.5) is 13.2 Å². The first kappa shape index (κ1) is 12.4. The zero-order chi connectivity index (χ0) is 12.3. The highest BCUT2D eigenvalue weighted by molar-refractivity contribution is 5.72. The molecule has 0 amide bonds. The standard InChI is InChI=1S/C9H8F3NO3/c10-9(11,12)7-2-1-5(4-13-7)3-6(14)8(15)16/h1-2,4,6,14H,3H2,(H,15,16). The van der Waals surface area contributed by atoms with Crippen LogP contribution in [0.3, 0.4) is 0 Å². The Balaban J connectivity index is 2.76. The van der Waals surface area contributed by atoms with Gasteiger partial charge in [-0.3, -0.25) is 4.98 Å². The molecule has 1 aromatic rings. The summed E-state index contributed by atoms with van der Waals surface area (Å²) in [5.74, 6) is -1.43. The highest BCUT2D eigenvalue weighted by Gasteiger charge is 2.32. The number of aromatic nitrogens is 1. The average Bonchev–Trinajstić information content (AvgIpc) is 2.17. The Labute approximate surface area is 88.4 Å². The van der Waals surface area contributed by atoms with Gasteiger partial charge in [-0.1, -0.05) is 6.07 Å². The van der Waals surface area contributed by atoms with Gasteiger partial charge in [0.1, 0.15) is 5.69 Å². The maximum absolute atomic E-state index is 12.1. The van der Waals surface area contributed by atoms with Crippen LogP contribution in [0.2, 0.25) is 0 Å². The van der Waals surface area contributed by atoms with E-state index in [0.29, 0.717) is 0 Å². The molecule has 0 bridgehead atoms. The van der Waals surface area contributed by atoms with Crippen LogP contribution in [0, 0.1) is 0 Å². The lowest BCUT2D eigenvalue weighted by Crippen LogP contribution is -2.22. The van der Waals surface area contributed by atoms with Crippen LogP contribution < -0.4 is 0 Å². The number of pyridine rings is 1. The smallest absolute Gasteiger partial charge is 0.433 e. The number of alkyl halides is 3. The fourth-order valence-corrected chi connectivity index (χ4v) is 1.02. The molecule has 2 N–H and O–H groups in total. The second-order valence-electron chi connectivity index (χ2n) is 3.11. The van der Waals surface area contributed by atoms with Gasteiger partial charge in [-0.05, 0) is 11.6 Å². The van der Waals surface area contributed by atoms with E-state index in [-0.39, 0.29) is 12.0 Å². The monoisotopic (exact) mass is 235 g/mol. The number of nitrogens with zero attached hydrogens (tertiary/aromatic N) is 1. The fourth-order valence-electron chi connectivity index (χ4n) is 1.02. The number of hydrogen-bond donors (Lipinski definition) is 2.